The Bertz CT molecular complexity index is 625. The Kier molecular flexibility index (Phi) is 4.90. The zero-order valence-electron chi connectivity index (χ0n) is 12.0. The topological polar surface area (TPSA) is 60.9 Å². The summed E-state index contributed by atoms with van der Waals surface area (Å²) < 4.78 is 27.2. The van der Waals surface area contributed by atoms with Crippen molar-refractivity contribution in [2.24, 2.45) is 0 Å². The predicted molar refractivity (Wildman–Crippen MR) is 83.6 cm³/mol. The van der Waals surface area contributed by atoms with Crippen molar-refractivity contribution in [2.75, 3.05) is 40.3 Å². The third-order valence-electron chi connectivity index (χ3n) is 3.33. The Morgan fingerprint density at radius 2 is 1.81 bits per heavy atom. The first-order valence-corrected chi connectivity index (χ1v) is 8.77. The zero-order valence-corrected chi connectivity index (χ0v) is 14.4. The summed E-state index contributed by atoms with van der Waals surface area (Å²) in [6.45, 7) is 1.44. The first-order chi connectivity index (χ1) is 9.82. The molecule has 0 spiro atoms. The number of hydrogen-bond donors (Lipinski definition) is 0. The molecule has 1 aromatic carbocycles. The van der Waals surface area contributed by atoms with Crippen molar-refractivity contribution >= 4 is 32.0 Å². The zero-order chi connectivity index (χ0) is 15.6. The minimum atomic E-state index is -3.50. The highest BCUT2D eigenvalue weighted by Gasteiger charge is 2.30. The summed E-state index contributed by atoms with van der Waals surface area (Å²) in [6, 6.07) is 6.56. The van der Waals surface area contributed by atoms with Crippen molar-refractivity contribution < 1.29 is 13.2 Å². The minimum absolute atomic E-state index is 0.0884. The number of benzene rings is 1. The fourth-order valence-corrected chi connectivity index (χ4v) is 4.20. The van der Waals surface area contributed by atoms with Crippen LogP contribution in [0.25, 0.3) is 0 Å². The number of carbonyl (C=O) groups excluding carboxylic acids is 1. The van der Waals surface area contributed by atoms with E-state index >= 15 is 0 Å². The SMILES string of the molecule is CN(C)C(=O)N1CCN(S(=O)(=O)c2cccc(Br)c2)CC1. The largest absolute Gasteiger partial charge is 0.331 e. The molecule has 0 aliphatic carbocycles. The Labute approximate surface area is 133 Å². The third-order valence-corrected chi connectivity index (χ3v) is 5.71. The molecule has 0 radical (unpaired) electrons. The molecule has 2 amide bonds. The number of amides is 2. The number of rotatable bonds is 2. The quantitative estimate of drug-likeness (QED) is 0.785. The monoisotopic (exact) mass is 375 g/mol. The Morgan fingerprint density at radius 1 is 1.19 bits per heavy atom. The number of nitrogens with zero attached hydrogens (tertiary/aromatic N) is 3. The van der Waals surface area contributed by atoms with Gasteiger partial charge >= 0.3 is 6.03 Å². The summed E-state index contributed by atoms with van der Waals surface area (Å²) in [5.74, 6) is 0. The van der Waals surface area contributed by atoms with Crippen molar-refractivity contribution in [3.8, 4) is 0 Å². The van der Waals surface area contributed by atoms with Crippen LogP contribution in [0.15, 0.2) is 33.6 Å². The maximum atomic E-state index is 12.5. The number of piperazine rings is 1. The van der Waals surface area contributed by atoms with Crippen molar-refractivity contribution in [3.05, 3.63) is 28.7 Å². The summed E-state index contributed by atoms with van der Waals surface area (Å²) >= 11 is 3.28. The van der Waals surface area contributed by atoms with Crippen molar-refractivity contribution in [3.63, 3.8) is 0 Å². The van der Waals surface area contributed by atoms with E-state index in [1.165, 1.54) is 9.21 Å². The van der Waals surface area contributed by atoms with Crippen LogP contribution in [-0.2, 0) is 10.0 Å². The van der Waals surface area contributed by atoms with Gasteiger partial charge in [0.1, 0.15) is 0 Å². The lowest BCUT2D eigenvalue weighted by atomic mass is 10.4. The highest BCUT2D eigenvalue weighted by atomic mass is 79.9. The van der Waals surface area contributed by atoms with Crippen LogP contribution in [0.3, 0.4) is 0 Å². The van der Waals surface area contributed by atoms with Crippen LogP contribution in [0.2, 0.25) is 0 Å². The molecule has 1 aromatic rings. The van der Waals surface area contributed by atoms with E-state index in [1.807, 2.05) is 0 Å². The Hall–Kier alpha value is -1.12. The molecule has 0 N–H and O–H groups in total. The minimum Gasteiger partial charge on any atom is -0.331 e. The number of sulfonamides is 1. The highest BCUT2D eigenvalue weighted by Crippen LogP contribution is 2.21. The fourth-order valence-electron chi connectivity index (χ4n) is 2.18. The summed E-state index contributed by atoms with van der Waals surface area (Å²) in [4.78, 5) is 15.3. The van der Waals surface area contributed by atoms with Crippen LogP contribution in [-0.4, -0.2) is 68.8 Å². The molecule has 0 bridgehead atoms. The summed E-state index contributed by atoms with van der Waals surface area (Å²) in [7, 11) is -0.127. The van der Waals surface area contributed by atoms with Gasteiger partial charge in [-0.1, -0.05) is 22.0 Å². The third kappa shape index (κ3) is 3.56. The molecule has 116 valence electrons. The second-order valence-electron chi connectivity index (χ2n) is 5.03. The van der Waals surface area contributed by atoms with E-state index in [4.69, 9.17) is 0 Å². The van der Waals surface area contributed by atoms with Crippen LogP contribution in [0.5, 0.6) is 0 Å². The smallest absolute Gasteiger partial charge is 0.319 e. The van der Waals surface area contributed by atoms with Crippen molar-refractivity contribution in [1.29, 1.82) is 0 Å². The summed E-state index contributed by atoms with van der Waals surface area (Å²) in [5, 5.41) is 0. The normalized spacial score (nSPS) is 16.8. The van der Waals surface area contributed by atoms with E-state index in [-0.39, 0.29) is 10.9 Å². The van der Waals surface area contributed by atoms with E-state index in [2.05, 4.69) is 15.9 Å². The standard InChI is InChI=1S/C13H18BrN3O3S/c1-15(2)13(18)16-6-8-17(9-7-16)21(19,20)12-5-3-4-11(14)10-12/h3-5,10H,6-9H2,1-2H3. The average molecular weight is 376 g/mol. The molecule has 1 fully saturated rings. The van der Waals surface area contributed by atoms with Gasteiger partial charge < -0.3 is 9.80 Å². The maximum absolute atomic E-state index is 12.5. The van der Waals surface area contributed by atoms with Crippen LogP contribution < -0.4 is 0 Å². The Morgan fingerprint density at radius 3 is 2.33 bits per heavy atom. The van der Waals surface area contributed by atoms with E-state index in [0.717, 1.165) is 4.47 Å². The maximum Gasteiger partial charge on any atom is 0.319 e. The van der Waals surface area contributed by atoms with Crippen LogP contribution >= 0.6 is 15.9 Å². The molecule has 0 saturated carbocycles. The molecule has 1 aliphatic rings. The average Bonchev–Trinajstić information content (AvgIpc) is 2.46. The van der Waals surface area contributed by atoms with Crippen molar-refractivity contribution in [1.82, 2.24) is 14.1 Å². The first-order valence-electron chi connectivity index (χ1n) is 6.54. The number of urea groups is 1. The molecule has 21 heavy (non-hydrogen) atoms. The fraction of sp³-hybridized carbons (Fsp3) is 0.462. The molecular weight excluding hydrogens is 358 g/mol. The first kappa shape index (κ1) is 16.3. The molecular formula is C13H18BrN3O3S. The lowest BCUT2D eigenvalue weighted by molar-refractivity contribution is 0.149. The van der Waals surface area contributed by atoms with E-state index in [1.54, 1.807) is 43.3 Å². The van der Waals surface area contributed by atoms with E-state index in [0.29, 0.717) is 26.2 Å². The molecule has 1 aliphatic heterocycles. The molecule has 6 nitrogen and oxygen atoms in total. The predicted octanol–water partition coefficient (Wildman–Crippen LogP) is 1.44. The van der Waals surface area contributed by atoms with Crippen LogP contribution in [0.4, 0.5) is 4.79 Å². The molecule has 8 heteroatoms. The molecule has 0 atom stereocenters. The molecule has 2 rings (SSSR count). The number of halogens is 1. The Balaban J connectivity index is 2.10. The lowest BCUT2D eigenvalue weighted by Crippen LogP contribution is -2.52. The van der Waals surface area contributed by atoms with Gasteiger partial charge in [-0.2, -0.15) is 4.31 Å². The van der Waals surface area contributed by atoms with Crippen molar-refractivity contribution in [2.45, 2.75) is 4.90 Å². The number of carbonyl (C=O) groups is 1. The van der Waals surface area contributed by atoms with Gasteiger partial charge in [-0.25, -0.2) is 13.2 Å². The second kappa shape index (κ2) is 6.33. The molecule has 0 unspecified atom stereocenters. The lowest BCUT2D eigenvalue weighted by Gasteiger charge is -2.35. The van der Waals surface area contributed by atoms with Gasteiger partial charge in [0.05, 0.1) is 4.90 Å². The number of hydrogen-bond acceptors (Lipinski definition) is 3. The van der Waals surface area contributed by atoms with Crippen LogP contribution in [0.1, 0.15) is 0 Å². The van der Waals surface area contributed by atoms with Gasteiger partial charge in [0, 0.05) is 44.7 Å². The molecule has 1 heterocycles. The summed E-state index contributed by atoms with van der Waals surface area (Å²) in [6.07, 6.45) is 0. The van der Waals surface area contributed by atoms with Gasteiger partial charge in [0.15, 0.2) is 0 Å². The van der Waals surface area contributed by atoms with Gasteiger partial charge in [0.2, 0.25) is 10.0 Å². The van der Waals surface area contributed by atoms with Gasteiger partial charge in [0.25, 0.3) is 0 Å². The van der Waals surface area contributed by atoms with Gasteiger partial charge in [-0.15, -0.1) is 0 Å². The van der Waals surface area contributed by atoms with E-state index in [9.17, 15) is 13.2 Å². The second-order valence-corrected chi connectivity index (χ2v) is 7.88. The van der Waals surface area contributed by atoms with Gasteiger partial charge in [-0.05, 0) is 18.2 Å². The van der Waals surface area contributed by atoms with Crippen LogP contribution in [0, 0.1) is 0 Å². The van der Waals surface area contributed by atoms with E-state index < -0.39 is 10.0 Å². The summed E-state index contributed by atoms with van der Waals surface area (Å²) in [5.41, 5.74) is 0. The molecule has 0 aromatic heterocycles. The van der Waals surface area contributed by atoms with Gasteiger partial charge in [-0.3, -0.25) is 0 Å². The molecule has 1 saturated heterocycles. The highest BCUT2D eigenvalue weighted by molar-refractivity contribution is 9.10.